The van der Waals surface area contributed by atoms with Gasteiger partial charge in [-0.05, 0) is 62.4 Å². The molecule has 0 aliphatic heterocycles. The molecule has 39 heavy (non-hydrogen) atoms. The zero-order chi connectivity index (χ0) is 27.4. The third kappa shape index (κ3) is 6.92. The summed E-state index contributed by atoms with van der Waals surface area (Å²) in [6.07, 6.45) is 9.04. The fraction of sp³-hybridized carbons (Fsp3) is 0.433. The van der Waals surface area contributed by atoms with Crippen LogP contribution in [-0.4, -0.2) is 36.0 Å². The minimum atomic E-state index is -0.497. The number of hydrogen-bond acceptors (Lipinski definition) is 6. The smallest absolute Gasteiger partial charge is 0.262 e. The lowest BCUT2D eigenvalue weighted by atomic mass is 9.97. The molecule has 7 nitrogen and oxygen atoms in total. The number of benzene rings is 1. The summed E-state index contributed by atoms with van der Waals surface area (Å²) in [5, 5.41) is 10.2. The van der Waals surface area contributed by atoms with E-state index in [1.54, 1.807) is 13.3 Å². The van der Waals surface area contributed by atoms with Gasteiger partial charge in [0.05, 0.1) is 34.4 Å². The molecular weight excluding hydrogens is 532 g/mol. The van der Waals surface area contributed by atoms with Crippen molar-refractivity contribution in [3.05, 3.63) is 63.4 Å². The van der Waals surface area contributed by atoms with Crippen molar-refractivity contribution in [1.29, 1.82) is 0 Å². The van der Waals surface area contributed by atoms with E-state index in [9.17, 15) is 9.59 Å². The van der Waals surface area contributed by atoms with Crippen molar-refractivity contribution in [3.63, 3.8) is 0 Å². The predicted octanol–water partition coefficient (Wildman–Crippen LogP) is 6.60. The summed E-state index contributed by atoms with van der Waals surface area (Å²) in [4.78, 5) is 32.3. The molecule has 0 radical (unpaired) electrons. The number of carbonyl (C=O) groups excluding carboxylic acids is 2. The molecule has 0 bridgehead atoms. The van der Waals surface area contributed by atoms with Crippen LogP contribution in [0.4, 0.5) is 5.69 Å². The largest absolute Gasteiger partial charge is 0.496 e. The molecule has 2 aliphatic carbocycles. The predicted molar refractivity (Wildman–Crippen MR) is 157 cm³/mol. The molecule has 0 unspecified atom stereocenters. The maximum Gasteiger partial charge on any atom is 0.262 e. The van der Waals surface area contributed by atoms with Crippen LogP contribution in [0, 0.1) is 5.92 Å². The van der Waals surface area contributed by atoms with Gasteiger partial charge in [0.1, 0.15) is 11.8 Å². The third-order valence-corrected chi connectivity index (χ3v) is 8.93. The van der Waals surface area contributed by atoms with Crippen LogP contribution >= 0.6 is 22.9 Å². The summed E-state index contributed by atoms with van der Waals surface area (Å²) < 4.78 is 5.55. The number of para-hydroxylation sites is 1. The van der Waals surface area contributed by atoms with Gasteiger partial charge in [0.25, 0.3) is 5.91 Å². The van der Waals surface area contributed by atoms with Crippen molar-refractivity contribution >= 4 is 40.4 Å². The Labute approximate surface area is 238 Å². The number of thiophene rings is 1. The van der Waals surface area contributed by atoms with Crippen molar-refractivity contribution in [2.24, 2.45) is 5.92 Å². The van der Waals surface area contributed by atoms with Gasteiger partial charge in [-0.25, -0.2) is 0 Å². The second kappa shape index (κ2) is 12.4. The number of rotatable bonds is 11. The van der Waals surface area contributed by atoms with Gasteiger partial charge in [-0.15, -0.1) is 11.3 Å². The number of ether oxygens (including phenoxy) is 1. The molecule has 2 atom stereocenters. The van der Waals surface area contributed by atoms with Crippen LogP contribution in [0.5, 0.6) is 5.75 Å². The number of aromatic nitrogens is 1. The lowest BCUT2D eigenvalue weighted by Gasteiger charge is -2.21. The Bertz CT molecular complexity index is 1320. The SMILES string of the molecule is COc1ccccc1-c1ncc(Cl)cc1N[C@H](C)c1ccc(C(=O)N[C@@H](CC2CCCC2)C(=O)NC2CC2)s1. The van der Waals surface area contributed by atoms with Crippen LogP contribution in [0.2, 0.25) is 5.02 Å². The number of halogens is 1. The molecule has 206 valence electrons. The van der Waals surface area contributed by atoms with Crippen LogP contribution in [0.1, 0.15) is 72.5 Å². The van der Waals surface area contributed by atoms with Crippen LogP contribution in [0.3, 0.4) is 0 Å². The first-order chi connectivity index (χ1) is 18.9. The third-order valence-electron chi connectivity index (χ3n) is 7.46. The fourth-order valence-corrected chi connectivity index (χ4v) is 6.26. The highest BCUT2D eigenvalue weighted by molar-refractivity contribution is 7.14. The Balaban J connectivity index is 1.29. The molecule has 1 aromatic carbocycles. The Hall–Kier alpha value is -3.10. The highest BCUT2D eigenvalue weighted by Gasteiger charge is 2.31. The molecule has 2 saturated carbocycles. The lowest BCUT2D eigenvalue weighted by molar-refractivity contribution is -0.123. The van der Waals surface area contributed by atoms with E-state index in [0.717, 1.165) is 53.3 Å². The summed E-state index contributed by atoms with van der Waals surface area (Å²) in [5.41, 5.74) is 2.36. The van der Waals surface area contributed by atoms with E-state index in [1.807, 2.05) is 49.4 Å². The first-order valence-corrected chi connectivity index (χ1v) is 14.9. The van der Waals surface area contributed by atoms with Crippen molar-refractivity contribution < 1.29 is 14.3 Å². The minimum Gasteiger partial charge on any atom is -0.496 e. The Morgan fingerprint density at radius 1 is 1.13 bits per heavy atom. The van der Waals surface area contributed by atoms with Crippen molar-refractivity contribution in [1.82, 2.24) is 15.6 Å². The second-order valence-corrected chi connectivity index (χ2v) is 12.1. The van der Waals surface area contributed by atoms with Crippen LogP contribution < -0.4 is 20.7 Å². The maximum atomic E-state index is 13.2. The van der Waals surface area contributed by atoms with E-state index < -0.39 is 6.04 Å². The highest BCUT2D eigenvalue weighted by Crippen LogP contribution is 2.37. The Morgan fingerprint density at radius 2 is 1.90 bits per heavy atom. The van der Waals surface area contributed by atoms with Gasteiger partial charge in [-0.2, -0.15) is 0 Å². The molecule has 2 amide bonds. The van der Waals surface area contributed by atoms with Crippen LogP contribution in [0.25, 0.3) is 11.3 Å². The first-order valence-electron chi connectivity index (χ1n) is 13.7. The second-order valence-electron chi connectivity index (χ2n) is 10.5. The van der Waals surface area contributed by atoms with E-state index in [4.69, 9.17) is 16.3 Å². The molecule has 3 N–H and O–H groups in total. The maximum absolute atomic E-state index is 13.2. The Kier molecular flexibility index (Phi) is 8.72. The van der Waals surface area contributed by atoms with E-state index in [0.29, 0.717) is 22.2 Å². The quantitative estimate of drug-likeness (QED) is 0.243. The topological polar surface area (TPSA) is 92.3 Å². The number of hydrogen-bond donors (Lipinski definition) is 3. The van der Waals surface area contributed by atoms with E-state index in [1.165, 1.54) is 24.2 Å². The fourth-order valence-electron chi connectivity index (χ4n) is 5.19. The molecule has 2 fully saturated rings. The number of amides is 2. The summed E-state index contributed by atoms with van der Waals surface area (Å²) >= 11 is 7.73. The van der Waals surface area contributed by atoms with Crippen molar-refractivity contribution in [3.8, 4) is 17.0 Å². The summed E-state index contributed by atoms with van der Waals surface area (Å²) in [7, 11) is 1.64. The normalized spacial score (nSPS) is 16.9. The van der Waals surface area contributed by atoms with Gasteiger partial charge < -0.3 is 20.7 Å². The number of nitrogens with one attached hydrogen (secondary N) is 3. The number of pyridine rings is 1. The van der Waals surface area contributed by atoms with Gasteiger partial charge in [-0.3, -0.25) is 14.6 Å². The summed E-state index contributed by atoms with van der Waals surface area (Å²) in [6.45, 7) is 2.03. The average molecular weight is 567 g/mol. The number of anilines is 1. The van der Waals surface area contributed by atoms with Gasteiger partial charge in [0, 0.05) is 22.7 Å². The number of methoxy groups -OCH3 is 1. The molecule has 2 heterocycles. The highest BCUT2D eigenvalue weighted by atomic mass is 35.5. The monoisotopic (exact) mass is 566 g/mol. The molecule has 0 spiro atoms. The Morgan fingerprint density at radius 3 is 2.64 bits per heavy atom. The molecule has 9 heteroatoms. The molecule has 2 aliphatic rings. The molecule has 0 saturated heterocycles. The summed E-state index contributed by atoms with van der Waals surface area (Å²) in [5.74, 6) is 0.955. The molecule has 5 rings (SSSR count). The van der Waals surface area contributed by atoms with E-state index >= 15 is 0 Å². The van der Waals surface area contributed by atoms with E-state index in [-0.39, 0.29) is 23.9 Å². The van der Waals surface area contributed by atoms with Crippen LogP contribution in [-0.2, 0) is 4.79 Å². The van der Waals surface area contributed by atoms with Crippen molar-refractivity contribution in [2.45, 2.75) is 70.0 Å². The summed E-state index contributed by atoms with van der Waals surface area (Å²) in [6, 6.07) is 13.0. The van der Waals surface area contributed by atoms with Crippen LogP contribution in [0.15, 0.2) is 48.7 Å². The number of nitrogens with zero attached hydrogens (tertiary/aromatic N) is 1. The van der Waals surface area contributed by atoms with Gasteiger partial charge >= 0.3 is 0 Å². The van der Waals surface area contributed by atoms with Gasteiger partial charge in [-0.1, -0.05) is 49.4 Å². The number of carbonyl (C=O) groups is 2. The van der Waals surface area contributed by atoms with Gasteiger partial charge in [0.15, 0.2) is 0 Å². The molecule has 3 aromatic rings. The lowest BCUT2D eigenvalue weighted by Crippen LogP contribution is -2.48. The standard InChI is InChI=1S/C30H35ClN4O3S/c1-18(33-23-16-20(31)17-32-28(23)22-9-5-6-10-25(22)38-2)26-13-14-27(39-26)30(37)35-24(15-19-7-3-4-8-19)29(36)34-21-11-12-21/h5-6,9-10,13-14,16-19,21,24,33H,3-4,7-8,11-12,15H2,1-2H3,(H,34,36)(H,35,37)/t18-,24+/m1/s1. The molecule has 2 aromatic heterocycles. The van der Waals surface area contributed by atoms with Crippen molar-refractivity contribution in [2.75, 3.05) is 12.4 Å². The zero-order valence-electron chi connectivity index (χ0n) is 22.3. The molecular formula is C30H35ClN4O3S. The first kappa shape index (κ1) is 27.5. The van der Waals surface area contributed by atoms with E-state index in [2.05, 4.69) is 20.9 Å². The zero-order valence-corrected chi connectivity index (χ0v) is 23.9. The average Bonchev–Trinajstić information content (AvgIpc) is 3.37. The van der Waals surface area contributed by atoms with Gasteiger partial charge in [0.2, 0.25) is 5.91 Å². The minimum absolute atomic E-state index is 0.0538.